The van der Waals surface area contributed by atoms with Crippen LogP contribution in [0.4, 0.5) is 5.69 Å². The van der Waals surface area contributed by atoms with Gasteiger partial charge in [-0.3, -0.25) is 14.8 Å². The van der Waals surface area contributed by atoms with E-state index in [1.54, 1.807) is 0 Å². The molecule has 19 heavy (non-hydrogen) atoms. The van der Waals surface area contributed by atoms with Crippen LogP contribution >= 0.6 is 0 Å². The molecule has 2 heterocycles. The first-order valence-corrected chi connectivity index (χ1v) is 6.75. The zero-order valence-electron chi connectivity index (χ0n) is 12.1. The zero-order chi connectivity index (χ0) is 14.0. The lowest BCUT2D eigenvalue weighted by atomic mass is 10.1. The quantitative estimate of drug-likeness (QED) is 0.750. The molecule has 6 heteroatoms. The number of piperazine rings is 1. The Balaban J connectivity index is 1.91. The summed E-state index contributed by atoms with van der Waals surface area (Å²) in [6.45, 7) is 10.3. The molecule has 1 aliphatic heterocycles. The van der Waals surface area contributed by atoms with E-state index in [4.69, 9.17) is 0 Å². The number of aromatic nitrogens is 2. The number of carbonyl (C=O) groups excluding carboxylic acids is 1. The van der Waals surface area contributed by atoms with Crippen molar-refractivity contribution in [3.05, 3.63) is 11.4 Å². The largest absolute Gasteiger partial charge is 0.322 e. The third-order valence-corrected chi connectivity index (χ3v) is 3.39. The Labute approximate surface area is 113 Å². The van der Waals surface area contributed by atoms with Gasteiger partial charge in [-0.2, -0.15) is 5.10 Å². The van der Waals surface area contributed by atoms with Crippen molar-refractivity contribution in [1.82, 2.24) is 20.4 Å². The molecule has 0 bridgehead atoms. The normalized spacial score (nSPS) is 24.4. The molecule has 0 radical (unpaired) electrons. The molecule has 3 N–H and O–H groups in total. The van der Waals surface area contributed by atoms with Crippen molar-refractivity contribution < 1.29 is 4.79 Å². The highest BCUT2D eigenvalue weighted by Crippen LogP contribution is 2.16. The van der Waals surface area contributed by atoms with Gasteiger partial charge in [-0.1, -0.05) is 0 Å². The van der Waals surface area contributed by atoms with Crippen molar-refractivity contribution in [3.63, 3.8) is 0 Å². The number of nitrogens with zero attached hydrogens (tertiary/aromatic N) is 2. The fourth-order valence-electron chi connectivity index (χ4n) is 2.69. The number of rotatable bonds is 3. The van der Waals surface area contributed by atoms with E-state index < -0.39 is 0 Å². The van der Waals surface area contributed by atoms with Crippen LogP contribution in [0, 0.1) is 13.8 Å². The Bertz CT molecular complexity index is 426. The molecule has 1 aromatic rings. The van der Waals surface area contributed by atoms with E-state index in [0.29, 0.717) is 18.6 Å². The minimum absolute atomic E-state index is 0.0221. The third kappa shape index (κ3) is 3.54. The van der Waals surface area contributed by atoms with Gasteiger partial charge in [0.15, 0.2) is 0 Å². The van der Waals surface area contributed by atoms with Crippen LogP contribution in [0.25, 0.3) is 0 Å². The minimum atomic E-state index is 0.0221. The first-order valence-electron chi connectivity index (χ1n) is 6.75. The number of hydrogen-bond acceptors (Lipinski definition) is 4. The number of nitrogens with one attached hydrogen (secondary N) is 3. The summed E-state index contributed by atoms with van der Waals surface area (Å²) in [6, 6.07) is 0.850. The molecule has 2 atom stereocenters. The van der Waals surface area contributed by atoms with Crippen LogP contribution in [-0.2, 0) is 4.79 Å². The summed E-state index contributed by atoms with van der Waals surface area (Å²) < 4.78 is 0. The summed E-state index contributed by atoms with van der Waals surface area (Å²) in [6.07, 6.45) is 0. The summed E-state index contributed by atoms with van der Waals surface area (Å²) in [5.74, 6) is 0.0221. The Morgan fingerprint density at radius 2 is 2.00 bits per heavy atom. The van der Waals surface area contributed by atoms with Crippen LogP contribution in [0.5, 0.6) is 0 Å². The number of aryl methyl sites for hydroxylation is 2. The molecule has 1 fully saturated rings. The molecule has 0 saturated carbocycles. The van der Waals surface area contributed by atoms with Gasteiger partial charge in [-0.25, -0.2) is 0 Å². The van der Waals surface area contributed by atoms with Gasteiger partial charge in [0.25, 0.3) is 0 Å². The molecule has 0 spiro atoms. The molecule has 2 rings (SSSR count). The summed E-state index contributed by atoms with van der Waals surface area (Å²) in [5, 5.41) is 13.3. The molecule has 1 amide bonds. The molecule has 1 aliphatic rings. The minimum Gasteiger partial charge on any atom is -0.322 e. The first-order chi connectivity index (χ1) is 8.95. The van der Waals surface area contributed by atoms with Gasteiger partial charge in [0.2, 0.25) is 5.91 Å². The smallest absolute Gasteiger partial charge is 0.238 e. The highest BCUT2D eigenvalue weighted by molar-refractivity contribution is 5.93. The fourth-order valence-corrected chi connectivity index (χ4v) is 2.69. The Kier molecular flexibility index (Phi) is 4.21. The Morgan fingerprint density at radius 1 is 1.37 bits per heavy atom. The number of carbonyl (C=O) groups is 1. The molecule has 106 valence electrons. The lowest BCUT2D eigenvalue weighted by molar-refractivity contribution is -0.117. The van der Waals surface area contributed by atoms with Gasteiger partial charge in [0.1, 0.15) is 0 Å². The van der Waals surface area contributed by atoms with Crippen LogP contribution in [0.3, 0.4) is 0 Å². The van der Waals surface area contributed by atoms with Crippen molar-refractivity contribution in [1.29, 1.82) is 0 Å². The van der Waals surface area contributed by atoms with Crippen LogP contribution in [0.15, 0.2) is 0 Å². The Morgan fingerprint density at radius 3 is 2.53 bits per heavy atom. The highest BCUT2D eigenvalue weighted by Gasteiger charge is 2.23. The van der Waals surface area contributed by atoms with E-state index in [2.05, 4.69) is 39.6 Å². The van der Waals surface area contributed by atoms with Crippen LogP contribution < -0.4 is 10.6 Å². The molecular formula is C13H23N5O. The van der Waals surface area contributed by atoms with E-state index in [1.807, 2.05) is 13.8 Å². The summed E-state index contributed by atoms with van der Waals surface area (Å²) in [7, 11) is 0. The van der Waals surface area contributed by atoms with Crippen molar-refractivity contribution >= 4 is 11.6 Å². The average molecular weight is 265 g/mol. The predicted octanol–water partition coefficient (Wildman–Crippen LogP) is 0.647. The summed E-state index contributed by atoms with van der Waals surface area (Å²) in [4.78, 5) is 14.3. The van der Waals surface area contributed by atoms with Gasteiger partial charge < -0.3 is 10.6 Å². The maximum absolute atomic E-state index is 12.1. The van der Waals surface area contributed by atoms with Crippen LogP contribution in [0.1, 0.15) is 25.2 Å². The lowest BCUT2D eigenvalue weighted by Gasteiger charge is -2.35. The van der Waals surface area contributed by atoms with Crippen molar-refractivity contribution in [2.45, 2.75) is 39.8 Å². The van der Waals surface area contributed by atoms with E-state index >= 15 is 0 Å². The van der Waals surface area contributed by atoms with Crippen LogP contribution in [0.2, 0.25) is 0 Å². The zero-order valence-corrected chi connectivity index (χ0v) is 12.1. The molecule has 0 aliphatic carbocycles. The monoisotopic (exact) mass is 265 g/mol. The van der Waals surface area contributed by atoms with Crippen LogP contribution in [-0.4, -0.2) is 52.7 Å². The maximum Gasteiger partial charge on any atom is 0.238 e. The number of amides is 1. The number of hydrogen-bond donors (Lipinski definition) is 3. The van der Waals surface area contributed by atoms with Crippen molar-refractivity contribution in [3.8, 4) is 0 Å². The first kappa shape index (κ1) is 14.0. The van der Waals surface area contributed by atoms with Gasteiger partial charge in [-0.15, -0.1) is 0 Å². The summed E-state index contributed by atoms with van der Waals surface area (Å²) >= 11 is 0. The predicted molar refractivity (Wildman–Crippen MR) is 75.2 cm³/mol. The molecular weight excluding hydrogens is 242 g/mol. The topological polar surface area (TPSA) is 73.0 Å². The van der Waals surface area contributed by atoms with E-state index in [0.717, 1.165) is 30.2 Å². The second-order valence-corrected chi connectivity index (χ2v) is 5.52. The van der Waals surface area contributed by atoms with Crippen molar-refractivity contribution in [2.75, 3.05) is 25.0 Å². The molecule has 6 nitrogen and oxygen atoms in total. The Hall–Kier alpha value is -1.40. The molecule has 1 saturated heterocycles. The average Bonchev–Trinajstić information content (AvgIpc) is 2.59. The number of H-pyrrole nitrogens is 1. The second-order valence-electron chi connectivity index (χ2n) is 5.52. The highest BCUT2D eigenvalue weighted by atomic mass is 16.2. The van der Waals surface area contributed by atoms with E-state index in [9.17, 15) is 4.79 Å². The number of anilines is 1. The SMILES string of the molecule is Cc1n[nH]c(C)c1NC(=O)CN1CC(C)NC(C)C1. The third-order valence-electron chi connectivity index (χ3n) is 3.39. The van der Waals surface area contributed by atoms with Gasteiger partial charge in [-0.05, 0) is 27.7 Å². The molecule has 0 aromatic carbocycles. The van der Waals surface area contributed by atoms with Gasteiger partial charge >= 0.3 is 0 Å². The fraction of sp³-hybridized carbons (Fsp3) is 0.692. The lowest BCUT2D eigenvalue weighted by Crippen LogP contribution is -2.55. The second kappa shape index (κ2) is 5.71. The molecule has 1 aromatic heterocycles. The number of aromatic amines is 1. The standard InChI is InChI=1S/C13H23N5O/c1-8-5-18(6-9(2)14-8)7-12(19)15-13-10(3)16-17-11(13)4/h8-9,14H,5-7H2,1-4H3,(H,15,19)(H,16,17). The maximum atomic E-state index is 12.1. The summed E-state index contributed by atoms with van der Waals surface area (Å²) in [5.41, 5.74) is 2.53. The van der Waals surface area contributed by atoms with E-state index in [-0.39, 0.29) is 5.91 Å². The van der Waals surface area contributed by atoms with Gasteiger partial charge in [0, 0.05) is 25.2 Å². The molecule has 2 unspecified atom stereocenters. The van der Waals surface area contributed by atoms with Gasteiger partial charge in [0.05, 0.1) is 23.6 Å². The van der Waals surface area contributed by atoms with E-state index in [1.165, 1.54) is 0 Å². The van der Waals surface area contributed by atoms with Crippen molar-refractivity contribution in [2.24, 2.45) is 0 Å².